The van der Waals surface area contributed by atoms with Crippen molar-refractivity contribution in [1.29, 1.82) is 0 Å². The Morgan fingerprint density at radius 3 is 1.86 bits per heavy atom. The molecule has 0 aromatic heterocycles. The Hall–Kier alpha value is 0.0382. The Kier molecular flexibility index (Phi) is 1.76. The molecule has 0 spiro atoms. The molecular weight excluding hydrogens is 194 g/mol. The van der Waals surface area contributed by atoms with Crippen LogP contribution in [0.3, 0.4) is 0 Å². The number of hydrogen-bond donors (Lipinski definition) is 0. The molecule has 7 heavy (non-hydrogen) atoms. The summed E-state index contributed by atoms with van der Waals surface area (Å²) in [5.41, 5.74) is 0. The summed E-state index contributed by atoms with van der Waals surface area (Å²) in [6.45, 7) is 0. The van der Waals surface area contributed by atoms with E-state index in [1.54, 1.807) is 0 Å². The van der Waals surface area contributed by atoms with Gasteiger partial charge in [0.25, 0.3) is 0 Å². The van der Waals surface area contributed by atoms with E-state index in [1.165, 1.54) is 26.5 Å². The van der Waals surface area contributed by atoms with Gasteiger partial charge in [0.1, 0.15) is 0 Å². The van der Waals surface area contributed by atoms with E-state index in [4.69, 9.17) is 0 Å². The summed E-state index contributed by atoms with van der Waals surface area (Å²) in [5.74, 6) is 0. The molecule has 0 fully saturated rings. The van der Waals surface area contributed by atoms with Crippen molar-refractivity contribution in [3.63, 3.8) is 0 Å². The summed E-state index contributed by atoms with van der Waals surface area (Å²) in [6, 6.07) is 10.5. The van der Waals surface area contributed by atoms with Crippen molar-refractivity contribution < 1.29 is 0 Å². The van der Waals surface area contributed by atoms with Gasteiger partial charge in [-0.2, -0.15) is 0 Å². The van der Waals surface area contributed by atoms with Gasteiger partial charge in [0.05, 0.1) is 0 Å². The number of rotatable bonds is 0. The molecule has 0 unspecified atom stereocenters. The monoisotopic (exact) mass is 200 g/mol. The first-order valence-electron chi connectivity index (χ1n) is 2.20. The zero-order valence-electron chi connectivity index (χ0n) is 3.96. The second kappa shape index (κ2) is 2.37. The van der Waals surface area contributed by atoms with Gasteiger partial charge in [-0.25, -0.2) is 0 Å². The van der Waals surface area contributed by atoms with Crippen molar-refractivity contribution in [2.24, 2.45) is 0 Å². The third-order valence-corrected chi connectivity index (χ3v) is 1.90. The van der Waals surface area contributed by atoms with Gasteiger partial charge >= 0.3 is 56.9 Å². The van der Waals surface area contributed by atoms with E-state index in [9.17, 15) is 0 Å². The number of hydrogen-bond acceptors (Lipinski definition) is 0. The topological polar surface area (TPSA) is 0 Å². The van der Waals surface area contributed by atoms with E-state index >= 15 is 0 Å². The third-order valence-electron chi connectivity index (χ3n) is 0.800. The van der Waals surface area contributed by atoms with E-state index in [2.05, 4.69) is 24.3 Å². The summed E-state index contributed by atoms with van der Waals surface area (Å²) in [5, 5.41) is 0. The molecule has 1 heteroatoms. The second-order valence-electron chi connectivity index (χ2n) is 1.41. The van der Waals surface area contributed by atoms with Crippen molar-refractivity contribution in [3.8, 4) is 0 Å². The minimum absolute atomic E-state index is 1.23. The predicted octanol–water partition coefficient (Wildman–Crippen LogP) is -0.0550. The fourth-order valence-electron chi connectivity index (χ4n) is 0.453. The summed E-state index contributed by atoms with van der Waals surface area (Å²) in [6.07, 6.45) is 0. The van der Waals surface area contributed by atoms with Crippen LogP contribution in [0.5, 0.6) is 0 Å². The van der Waals surface area contributed by atoms with Crippen molar-refractivity contribution in [3.05, 3.63) is 30.3 Å². The average Bonchev–Trinajstić information content (AvgIpc) is 1.69. The standard InChI is InChI=1S/C6H5.Sb.2H/c1-2-4-6-5-3-1;;;/h1-5H;;;. The Morgan fingerprint density at radius 2 is 1.57 bits per heavy atom. The molecule has 0 aliphatic heterocycles. The Balaban J connectivity index is 3.02. The molecule has 0 saturated heterocycles. The van der Waals surface area contributed by atoms with Gasteiger partial charge < -0.3 is 0 Å². The van der Waals surface area contributed by atoms with Gasteiger partial charge in [-0.1, -0.05) is 0 Å². The predicted molar refractivity (Wildman–Crippen MR) is 34.6 cm³/mol. The summed E-state index contributed by atoms with van der Waals surface area (Å²) in [7, 11) is 0. The van der Waals surface area contributed by atoms with Gasteiger partial charge in [-0.3, -0.25) is 0 Å². The molecule has 0 bridgehead atoms. The van der Waals surface area contributed by atoms with Crippen LogP contribution in [0.15, 0.2) is 30.3 Å². The van der Waals surface area contributed by atoms with Crippen LogP contribution in [-0.2, 0) is 0 Å². The van der Waals surface area contributed by atoms with Crippen molar-refractivity contribution in [1.82, 2.24) is 0 Å². The summed E-state index contributed by atoms with van der Waals surface area (Å²) in [4.78, 5) is 0. The minimum atomic E-state index is 1.23. The molecule has 0 heterocycles. The molecule has 36 valence electrons. The maximum absolute atomic E-state index is 2.14. The summed E-state index contributed by atoms with van der Waals surface area (Å²) < 4.78 is 1.45. The third kappa shape index (κ3) is 1.52. The Bertz CT molecular complexity index is 134. The molecule has 0 nitrogen and oxygen atoms in total. The van der Waals surface area contributed by atoms with Crippen LogP contribution in [0.1, 0.15) is 0 Å². The van der Waals surface area contributed by atoms with E-state index < -0.39 is 0 Å². The Morgan fingerprint density at radius 1 is 1.00 bits per heavy atom. The van der Waals surface area contributed by atoms with Crippen LogP contribution in [0.4, 0.5) is 0 Å². The zero-order chi connectivity index (χ0) is 5.11. The van der Waals surface area contributed by atoms with Gasteiger partial charge in [0, 0.05) is 0 Å². The molecule has 0 radical (unpaired) electrons. The second-order valence-corrected chi connectivity index (χ2v) is 3.31. The fraction of sp³-hybridized carbons (Fsp3) is 0. The normalized spacial score (nSPS) is 8.71. The van der Waals surface area contributed by atoms with Gasteiger partial charge in [0.15, 0.2) is 0 Å². The molecular formula is C6H7Sb. The molecule has 1 aromatic carbocycles. The van der Waals surface area contributed by atoms with Crippen LogP contribution in [-0.4, -0.2) is 23.0 Å². The summed E-state index contributed by atoms with van der Waals surface area (Å²) >= 11 is 1.23. The molecule has 0 atom stereocenters. The van der Waals surface area contributed by atoms with Crippen LogP contribution in [0.2, 0.25) is 0 Å². The molecule has 0 aliphatic rings. The van der Waals surface area contributed by atoms with Crippen LogP contribution in [0.25, 0.3) is 0 Å². The van der Waals surface area contributed by atoms with Crippen molar-refractivity contribution >= 4 is 26.5 Å². The molecule has 1 rings (SSSR count). The molecule has 1 aromatic rings. The molecule has 0 aliphatic carbocycles. The van der Waals surface area contributed by atoms with E-state index in [0.29, 0.717) is 0 Å². The van der Waals surface area contributed by atoms with Gasteiger partial charge in [-0.05, 0) is 0 Å². The van der Waals surface area contributed by atoms with Gasteiger partial charge in [0.2, 0.25) is 0 Å². The maximum atomic E-state index is 2.14. The van der Waals surface area contributed by atoms with E-state index in [-0.39, 0.29) is 0 Å². The first-order chi connectivity index (χ1) is 3.39. The van der Waals surface area contributed by atoms with Crippen LogP contribution >= 0.6 is 0 Å². The van der Waals surface area contributed by atoms with Crippen molar-refractivity contribution in [2.45, 2.75) is 0 Å². The van der Waals surface area contributed by atoms with Gasteiger partial charge in [-0.15, -0.1) is 0 Å². The Labute approximate surface area is 57.0 Å². The first kappa shape index (κ1) is 5.18. The molecule has 0 amide bonds. The average molecular weight is 201 g/mol. The van der Waals surface area contributed by atoms with Crippen LogP contribution in [0, 0.1) is 0 Å². The van der Waals surface area contributed by atoms with Crippen LogP contribution < -0.4 is 3.51 Å². The quantitative estimate of drug-likeness (QED) is 0.516. The van der Waals surface area contributed by atoms with E-state index in [1.807, 2.05) is 6.07 Å². The van der Waals surface area contributed by atoms with Crippen molar-refractivity contribution in [2.75, 3.05) is 0 Å². The first-order valence-corrected chi connectivity index (χ1v) is 3.85. The number of benzene rings is 1. The molecule has 0 saturated carbocycles. The molecule has 0 N–H and O–H groups in total. The SMILES string of the molecule is [SbH2][c]1ccccc1. The van der Waals surface area contributed by atoms with E-state index in [0.717, 1.165) is 0 Å². The zero-order valence-corrected chi connectivity index (χ0v) is 7.26. The fourth-order valence-corrected chi connectivity index (χ4v) is 1.09.